The summed E-state index contributed by atoms with van der Waals surface area (Å²) in [4.78, 5) is 20.8. The van der Waals surface area contributed by atoms with Gasteiger partial charge in [-0.15, -0.1) is 0 Å². The molecular weight excluding hydrogens is 494 g/mol. The van der Waals surface area contributed by atoms with Crippen LogP contribution in [-0.4, -0.2) is 28.1 Å². The highest BCUT2D eigenvalue weighted by atomic mass is 16.5. The standard InChI is InChI=1S/C35H41N3O2/c1-34-15-13-25(40-33(39)31(36)18-23-21-38-32-8-4-3-7-26(23)32)19-24(34)9-10-27-29-12-11-28(22-6-5-17-37-20-22)35(29,2)16-14-30(27)34/h3-9,11,17,20-21,25,27,29-31,38H,10,12-16,18-19,36H2,1-2H3. The zero-order chi connectivity index (χ0) is 27.5. The maximum absolute atomic E-state index is 13.1. The predicted octanol–water partition coefficient (Wildman–Crippen LogP) is 7.00. The predicted molar refractivity (Wildman–Crippen MR) is 159 cm³/mol. The molecule has 208 valence electrons. The molecule has 0 saturated heterocycles. The van der Waals surface area contributed by atoms with Crippen molar-refractivity contribution in [2.75, 3.05) is 0 Å². The number of aromatic amines is 1. The van der Waals surface area contributed by atoms with Crippen LogP contribution >= 0.6 is 0 Å². The first kappa shape index (κ1) is 25.8. The lowest BCUT2D eigenvalue weighted by molar-refractivity contribution is -0.153. The third kappa shape index (κ3) is 4.08. The number of nitrogens with zero attached hydrogens (tertiary/aromatic N) is 1. The Morgan fingerprint density at radius 3 is 2.77 bits per heavy atom. The highest BCUT2D eigenvalue weighted by molar-refractivity contribution is 5.84. The van der Waals surface area contributed by atoms with Gasteiger partial charge in [-0.1, -0.05) is 55.8 Å². The summed E-state index contributed by atoms with van der Waals surface area (Å²) in [5.74, 6) is 1.82. The van der Waals surface area contributed by atoms with Gasteiger partial charge in [0.15, 0.2) is 0 Å². The van der Waals surface area contributed by atoms with Gasteiger partial charge in [-0.2, -0.15) is 0 Å². The van der Waals surface area contributed by atoms with Crippen molar-refractivity contribution in [3.63, 3.8) is 0 Å². The summed E-state index contributed by atoms with van der Waals surface area (Å²) < 4.78 is 6.06. The molecule has 3 N–H and O–H groups in total. The van der Waals surface area contributed by atoms with Crippen molar-refractivity contribution in [3.8, 4) is 0 Å². The van der Waals surface area contributed by atoms with Crippen LogP contribution < -0.4 is 5.73 Å². The van der Waals surface area contributed by atoms with Crippen LogP contribution in [0.3, 0.4) is 0 Å². The average Bonchev–Trinajstić information content (AvgIpc) is 3.54. The molecule has 7 atom stereocenters. The van der Waals surface area contributed by atoms with E-state index >= 15 is 0 Å². The number of rotatable bonds is 5. The number of hydrogen-bond acceptors (Lipinski definition) is 4. The molecule has 7 unspecified atom stereocenters. The summed E-state index contributed by atoms with van der Waals surface area (Å²) in [6.45, 7) is 5.01. The molecule has 4 aliphatic rings. The van der Waals surface area contributed by atoms with E-state index in [2.05, 4.69) is 54.2 Å². The Labute approximate surface area is 237 Å². The van der Waals surface area contributed by atoms with Crippen molar-refractivity contribution < 1.29 is 9.53 Å². The van der Waals surface area contributed by atoms with Crippen LogP contribution in [0.5, 0.6) is 0 Å². The van der Waals surface area contributed by atoms with Gasteiger partial charge in [0.1, 0.15) is 12.1 Å². The van der Waals surface area contributed by atoms with Crippen molar-refractivity contribution in [1.29, 1.82) is 0 Å². The molecule has 0 bridgehead atoms. The molecule has 0 radical (unpaired) electrons. The molecule has 2 aromatic heterocycles. The van der Waals surface area contributed by atoms with Crippen molar-refractivity contribution in [3.05, 3.63) is 83.8 Å². The molecule has 0 spiro atoms. The van der Waals surface area contributed by atoms with E-state index in [9.17, 15) is 4.79 Å². The molecule has 0 aliphatic heterocycles. The van der Waals surface area contributed by atoms with E-state index in [1.54, 1.807) is 0 Å². The second kappa shape index (κ2) is 9.73. The van der Waals surface area contributed by atoms with Crippen LogP contribution in [0.4, 0.5) is 0 Å². The van der Waals surface area contributed by atoms with Crippen LogP contribution in [0, 0.1) is 28.6 Å². The summed E-state index contributed by atoms with van der Waals surface area (Å²) in [5, 5.41) is 1.12. The number of nitrogens with one attached hydrogen (secondary N) is 1. The van der Waals surface area contributed by atoms with Gasteiger partial charge in [-0.25, -0.2) is 0 Å². The van der Waals surface area contributed by atoms with Crippen LogP contribution in [0.25, 0.3) is 16.5 Å². The van der Waals surface area contributed by atoms with E-state index in [0.717, 1.165) is 42.1 Å². The summed E-state index contributed by atoms with van der Waals surface area (Å²) in [5.41, 5.74) is 13.3. The maximum atomic E-state index is 13.1. The number of esters is 1. The molecular formula is C35H41N3O2. The first-order chi connectivity index (χ1) is 19.4. The summed E-state index contributed by atoms with van der Waals surface area (Å²) in [7, 11) is 0. The van der Waals surface area contributed by atoms with Gasteiger partial charge in [-0.3, -0.25) is 9.78 Å². The zero-order valence-electron chi connectivity index (χ0n) is 23.7. The maximum Gasteiger partial charge on any atom is 0.323 e. The lowest BCUT2D eigenvalue weighted by Crippen LogP contribution is -2.50. The first-order valence-electron chi connectivity index (χ1n) is 15.2. The number of carbonyl (C=O) groups excluding carboxylic acids is 1. The van der Waals surface area contributed by atoms with Gasteiger partial charge in [0.25, 0.3) is 0 Å². The Kier molecular flexibility index (Phi) is 6.27. The van der Waals surface area contributed by atoms with E-state index in [1.165, 1.54) is 36.0 Å². The van der Waals surface area contributed by atoms with Crippen LogP contribution in [0.15, 0.2) is 72.7 Å². The molecule has 1 aromatic carbocycles. The number of fused-ring (bicyclic) bond motifs is 6. The van der Waals surface area contributed by atoms with E-state index in [-0.39, 0.29) is 22.9 Å². The Morgan fingerprint density at radius 1 is 1.07 bits per heavy atom. The third-order valence-corrected chi connectivity index (χ3v) is 11.3. The van der Waals surface area contributed by atoms with Crippen molar-refractivity contribution in [2.45, 2.75) is 77.4 Å². The molecule has 4 aliphatic carbocycles. The smallest absolute Gasteiger partial charge is 0.323 e. The largest absolute Gasteiger partial charge is 0.461 e. The van der Waals surface area contributed by atoms with Crippen LogP contribution in [0.1, 0.15) is 69.9 Å². The SMILES string of the molecule is CC12CCC(OC(=O)C(N)Cc3c[nH]c4ccccc34)CC1=CCC1C2CCC2(C)C(c3cccnc3)=CCC12. The lowest BCUT2D eigenvalue weighted by atomic mass is 9.47. The topological polar surface area (TPSA) is 81.0 Å². The third-order valence-electron chi connectivity index (χ3n) is 11.3. The Bertz CT molecular complexity index is 1490. The number of aromatic nitrogens is 2. The molecule has 40 heavy (non-hydrogen) atoms. The average molecular weight is 536 g/mol. The fraction of sp³-hybridized carbons (Fsp3) is 0.486. The fourth-order valence-electron chi connectivity index (χ4n) is 9.14. The Morgan fingerprint density at radius 2 is 1.93 bits per heavy atom. The van der Waals surface area contributed by atoms with Gasteiger partial charge in [-0.05, 0) is 95.9 Å². The van der Waals surface area contributed by atoms with Gasteiger partial charge in [0.05, 0.1) is 0 Å². The number of para-hydroxylation sites is 1. The van der Waals surface area contributed by atoms with Gasteiger partial charge in [0, 0.05) is 42.3 Å². The minimum atomic E-state index is -0.655. The number of H-pyrrole nitrogens is 1. The van der Waals surface area contributed by atoms with Gasteiger partial charge in [0.2, 0.25) is 0 Å². The second-order valence-corrected chi connectivity index (χ2v) is 13.3. The number of pyridine rings is 1. The van der Waals surface area contributed by atoms with Crippen molar-refractivity contribution in [1.82, 2.24) is 9.97 Å². The summed E-state index contributed by atoms with van der Waals surface area (Å²) >= 11 is 0. The van der Waals surface area contributed by atoms with Crippen LogP contribution in [-0.2, 0) is 16.0 Å². The Hall–Kier alpha value is -3.18. The van der Waals surface area contributed by atoms with E-state index in [1.807, 2.05) is 36.8 Å². The molecule has 7 rings (SSSR count). The fourth-order valence-corrected chi connectivity index (χ4v) is 9.14. The number of hydrogen-bond donors (Lipinski definition) is 2. The lowest BCUT2D eigenvalue weighted by Gasteiger charge is -2.57. The van der Waals surface area contributed by atoms with Gasteiger partial charge < -0.3 is 15.5 Å². The minimum Gasteiger partial charge on any atom is -0.461 e. The van der Waals surface area contributed by atoms with Crippen molar-refractivity contribution in [2.24, 2.45) is 34.3 Å². The van der Waals surface area contributed by atoms with Crippen LogP contribution in [0.2, 0.25) is 0 Å². The normalized spacial score (nSPS) is 33.8. The zero-order valence-corrected chi connectivity index (χ0v) is 23.7. The Balaban J connectivity index is 1.02. The summed E-state index contributed by atoms with van der Waals surface area (Å²) in [6, 6.07) is 11.8. The summed E-state index contributed by atoms with van der Waals surface area (Å²) in [6.07, 6.45) is 19.0. The molecule has 5 nitrogen and oxygen atoms in total. The number of allylic oxidation sites excluding steroid dienone is 3. The number of ether oxygens (including phenoxy) is 1. The monoisotopic (exact) mass is 535 g/mol. The van der Waals surface area contributed by atoms with Gasteiger partial charge >= 0.3 is 5.97 Å². The first-order valence-corrected chi connectivity index (χ1v) is 15.2. The highest BCUT2D eigenvalue weighted by Crippen LogP contribution is 2.66. The second-order valence-electron chi connectivity index (χ2n) is 13.3. The highest BCUT2D eigenvalue weighted by Gasteiger charge is 2.57. The molecule has 2 heterocycles. The van der Waals surface area contributed by atoms with Crippen molar-refractivity contribution >= 4 is 22.4 Å². The number of nitrogens with two attached hydrogens (primary N) is 1. The quantitative estimate of drug-likeness (QED) is 0.272. The molecule has 0 amide bonds. The molecule has 2 fully saturated rings. The molecule has 5 heteroatoms. The molecule has 2 saturated carbocycles. The van der Waals surface area contributed by atoms with E-state index in [0.29, 0.717) is 24.2 Å². The van der Waals surface area contributed by atoms with E-state index < -0.39 is 6.04 Å². The van der Waals surface area contributed by atoms with E-state index in [4.69, 9.17) is 10.5 Å². The number of carbonyl (C=O) groups is 1. The minimum absolute atomic E-state index is 0.0726. The molecule has 3 aromatic rings. The number of benzene rings is 1.